The zero-order chi connectivity index (χ0) is 14.0. The molecule has 7 heteroatoms. The summed E-state index contributed by atoms with van der Waals surface area (Å²) >= 11 is 1.18. The van der Waals surface area contributed by atoms with E-state index >= 15 is 0 Å². The van der Waals surface area contributed by atoms with Gasteiger partial charge in [-0.15, -0.1) is 11.3 Å². The largest absolute Gasteiger partial charge is 0.392 e. The summed E-state index contributed by atoms with van der Waals surface area (Å²) in [7, 11) is 0.681. The third-order valence-corrected chi connectivity index (χ3v) is 6.92. The van der Waals surface area contributed by atoms with Gasteiger partial charge in [-0.3, -0.25) is 0 Å². The molecule has 1 fully saturated rings. The zero-order valence-corrected chi connectivity index (χ0v) is 12.9. The van der Waals surface area contributed by atoms with Crippen molar-refractivity contribution >= 4 is 21.4 Å². The number of aliphatic hydroxyl groups is 1. The molecule has 19 heavy (non-hydrogen) atoms. The van der Waals surface area contributed by atoms with Gasteiger partial charge in [0.05, 0.1) is 6.61 Å². The molecule has 1 aliphatic rings. The van der Waals surface area contributed by atoms with Crippen molar-refractivity contribution in [2.24, 2.45) is 0 Å². The van der Waals surface area contributed by atoms with E-state index in [0.29, 0.717) is 28.9 Å². The maximum atomic E-state index is 12.4. The molecule has 1 aliphatic heterocycles. The molecule has 0 aliphatic carbocycles. The van der Waals surface area contributed by atoms with Crippen LogP contribution in [0.25, 0.3) is 0 Å². The summed E-state index contributed by atoms with van der Waals surface area (Å²) in [5, 5.41) is 10.7. The number of thiophene rings is 1. The van der Waals surface area contributed by atoms with Crippen LogP contribution in [0.4, 0.5) is 0 Å². The second kappa shape index (κ2) is 5.88. The van der Waals surface area contributed by atoms with Crippen LogP contribution in [0.5, 0.6) is 0 Å². The molecule has 2 rings (SSSR count). The number of sulfonamides is 1. The monoisotopic (exact) mass is 304 g/mol. The molecule has 0 radical (unpaired) electrons. The molecule has 0 amide bonds. The van der Waals surface area contributed by atoms with Crippen LogP contribution in [0.1, 0.15) is 18.4 Å². The Morgan fingerprint density at radius 1 is 1.42 bits per heavy atom. The van der Waals surface area contributed by atoms with Crippen LogP contribution in [0.3, 0.4) is 0 Å². The Balaban J connectivity index is 2.09. The summed E-state index contributed by atoms with van der Waals surface area (Å²) in [6.07, 6.45) is 1.73. The summed E-state index contributed by atoms with van der Waals surface area (Å²) in [4.78, 5) is 2.15. The van der Waals surface area contributed by atoms with Gasteiger partial charge in [-0.05, 0) is 43.9 Å². The van der Waals surface area contributed by atoms with E-state index in [1.165, 1.54) is 11.3 Å². The second-order valence-electron chi connectivity index (χ2n) is 5.03. The van der Waals surface area contributed by atoms with E-state index in [1.807, 2.05) is 14.1 Å². The maximum Gasteiger partial charge on any atom is 0.252 e. The lowest BCUT2D eigenvalue weighted by molar-refractivity contribution is 0.197. The van der Waals surface area contributed by atoms with Gasteiger partial charge in [0, 0.05) is 19.1 Å². The number of nitrogens with zero attached hydrogens (tertiary/aromatic N) is 2. The van der Waals surface area contributed by atoms with E-state index in [1.54, 1.807) is 15.8 Å². The molecule has 1 aromatic rings. The minimum Gasteiger partial charge on any atom is -0.392 e. The van der Waals surface area contributed by atoms with E-state index in [9.17, 15) is 8.42 Å². The van der Waals surface area contributed by atoms with E-state index < -0.39 is 10.0 Å². The van der Waals surface area contributed by atoms with Gasteiger partial charge in [0.15, 0.2) is 0 Å². The van der Waals surface area contributed by atoms with Crippen molar-refractivity contribution in [3.8, 4) is 0 Å². The highest BCUT2D eigenvalue weighted by atomic mass is 32.2. The number of aliphatic hydroxyl groups excluding tert-OH is 1. The predicted octanol–water partition coefficient (Wildman–Crippen LogP) is 0.955. The highest BCUT2D eigenvalue weighted by Gasteiger charge is 2.30. The Labute approximate surface area is 118 Å². The van der Waals surface area contributed by atoms with Crippen molar-refractivity contribution in [1.82, 2.24) is 9.21 Å². The van der Waals surface area contributed by atoms with Gasteiger partial charge in [-0.2, -0.15) is 4.31 Å². The summed E-state index contributed by atoms with van der Waals surface area (Å²) in [5.74, 6) is 0. The zero-order valence-electron chi connectivity index (χ0n) is 11.2. The molecule has 2 heterocycles. The Bertz CT molecular complexity index is 517. The minimum absolute atomic E-state index is 0.116. The Morgan fingerprint density at radius 3 is 2.53 bits per heavy atom. The van der Waals surface area contributed by atoms with E-state index in [2.05, 4.69) is 4.90 Å². The summed E-state index contributed by atoms with van der Waals surface area (Å²) in [6.45, 7) is 1.02. The molecule has 0 aromatic carbocycles. The second-order valence-corrected chi connectivity index (χ2v) is 8.11. The lowest BCUT2D eigenvalue weighted by atomic mass is 10.1. The molecule has 1 aromatic heterocycles. The van der Waals surface area contributed by atoms with Crippen LogP contribution in [-0.4, -0.2) is 56.0 Å². The van der Waals surface area contributed by atoms with Gasteiger partial charge in [0.25, 0.3) is 10.0 Å². The van der Waals surface area contributed by atoms with Crippen molar-refractivity contribution < 1.29 is 13.5 Å². The number of hydrogen-bond donors (Lipinski definition) is 1. The van der Waals surface area contributed by atoms with Gasteiger partial charge in [-0.25, -0.2) is 8.42 Å². The van der Waals surface area contributed by atoms with Crippen LogP contribution in [-0.2, 0) is 16.6 Å². The normalized spacial score (nSPS) is 19.2. The predicted molar refractivity (Wildman–Crippen MR) is 75.7 cm³/mol. The van der Waals surface area contributed by atoms with Crippen LogP contribution in [0.2, 0.25) is 0 Å². The molecule has 1 N–H and O–H groups in total. The molecule has 0 unspecified atom stereocenters. The SMILES string of the molecule is CN(C)C1CCN(S(=O)(=O)c2cc(CO)cs2)CC1. The number of hydrogen-bond acceptors (Lipinski definition) is 5. The fourth-order valence-electron chi connectivity index (χ4n) is 2.30. The lowest BCUT2D eigenvalue weighted by Gasteiger charge is -2.34. The van der Waals surface area contributed by atoms with Gasteiger partial charge >= 0.3 is 0 Å². The smallest absolute Gasteiger partial charge is 0.252 e. The highest BCUT2D eigenvalue weighted by molar-refractivity contribution is 7.91. The fourth-order valence-corrected chi connectivity index (χ4v) is 5.12. The Morgan fingerprint density at radius 2 is 2.05 bits per heavy atom. The fraction of sp³-hybridized carbons (Fsp3) is 0.667. The molecule has 0 spiro atoms. The molecule has 0 atom stereocenters. The third kappa shape index (κ3) is 3.17. The van der Waals surface area contributed by atoms with Gasteiger partial charge < -0.3 is 10.0 Å². The molecule has 5 nitrogen and oxygen atoms in total. The van der Waals surface area contributed by atoms with Crippen LogP contribution >= 0.6 is 11.3 Å². The number of rotatable bonds is 4. The average molecular weight is 304 g/mol. The third-order valence-electron chi connectivity index (χ3n) is 3.56. The van der Waals surface area contributed by atoms with Crippen molar-refractivity contribution in [3.63, 3.8) is 0 Å². The van der Waals surface area contributed by atoms with E-state index in [0.717, 1.165) is 12.8 Å². The molecule has 0 bridgehead atoms. The topological polar surface area (TPSA) is 60.9 Å². The first-order valence-corrected chi connectivity index (χ1v) is 8.62. The average Bonchev–Trinajstić information content (AvgIpc) is 2.88. The van der Waals surface area contributed by atoms with Gasteiger partial charge in [-0.1, -0.05) is 0 Å². The Hall–Kier alpha value is -0.470. The summed E-state index contributed by atoms with van der Waals surface area (Å²) < 4.78 is 26.8. The first kappa shape index (κ1) is 14.9. The standard InChI is InChI=1S/C12H20N2O3S2/c1-13(2)11-3-5-14(6-4-11)19(16,17)12-7-10(8-15)9-18-12/h7,9,11,15H,3-6,8H2,1-2H3. The van der Waals surface area contributed by atoms with E-state index in [4.69, 9.17) is 5.11 Å². The molecule has 108 valence electrons. The first-order valence-electron chi connectivity index (χ1n) is 6.30. The highest BCUT2D eigenvalue weighted by Crippen LogP contribution is 2.27. The molecular weight excluding hydrogens is 284 g/mol. The van der Waals surface area contributed by atoms with Crippen molar-refractivity contribution in [1.29, 1.82) is 0 Å². The molecular formula is C12H20N2O3S2. The van der Waals surface area contributed by atoms with Gasteiger partial charge in [0.2, 0.25) is 0 Å². The maximum absolute atomic E-state index is 12.4. The van der Waals surface area contributed by atoms with Gasteiger partial charge in [0.1, 0.15) is 4.21 Å². The van der Waals surface area contributed by atoms with Crippen LogP contribution in [0, 0.1) is 0 Å². The summed E-state index contributed by atoms with van der Waals surface area (Å²) in [6, 6.07) is 2.03. The van der Waals surface area contributed by atoms with Crippen LogP contribution < -0.4 is 0 Å². The van der Waals surface area contributed by atoms with Crippen molar-refractivity contribution in [3.05, 3.63) is 17.0 Å². The molecule has 1 saturated heterocycles. The van der Waals surface area contributed by atoms with Crippen LogP contribution in [0.15, 0.2) is 15.7 Å². The first-order chi connectivity index (χ1) is 8.95. The lowest BCUT2D eigenvalue weighted by Crippen LogP contribution is -2.44. The van der Waals surface area contributed by atoms with Crippen molar-refractivity contribution in [2.45, 2.75) is 29.7 Å². The summed E-state index contributed by atoms with van der Waals surface area (Å²) in [5.41, 5.74) is 0.659. The minimum atomic E-state index is -3.38. The number of piperidine rings is 1. The van der Waals surface area contributed by atoms with E-state index in [-0.39, 0.29) is 6.61 Å². The molecule has 0 saturated carbocycles. The Kier molecular flexibility index (Phi) is 4.62. The quantitative estimate of drug-likeness (QED) is 0.900. The van der Waals surface area contributed by atoms with Crippen molar-refractivity contribution in [2.75, 3.05) is 27.2 Å².